The van der Waals surface area contributed by atoms with Crippen LogP contribution in [0.1, 0.15) is 5.56 Å². The number of benzene rings is 2. The molecule has 2 aromatic carbocycles. The van der Waals surface area contributed by atoms with Gasteiger partial charge in [-0.05, 0) is 47.9 Å². The van der Waals surface area contributed by atoms with Crippen LogP contribution in [0.4, 0.5) is 4.39 Å². The first-order valence-corrected chi connectivity index (χ1v) is 14.1. The third-order valence-corrected chi connectivity index (χ3v) is 9.34. The van der Waals surface area contributed by atoms with Crippen molar-refractivity contribution >= 4 is 66.7 Å². The van der Waals surface area contributed by atoms with Crippen LogP contribution in [0.5, 0.6) is 5.75 Å². The van der Waals surface area contributed by atoms with E-state index in [4.69, 9.17) is 10.00 Å². The number of thiophene rings is 1. The van der Waals surface area contributed by atoms with Gasteiger partial charge in [-0.3, -0.25) is 4.57 Å². The predicted molar refractivity (Wildman–Crippen MR) is 122 cm³/mol. The largest absolute Gasteiger partial charge is 0.493 e. The van der Waals surface area contributed by atoms with E-state index in [0.717, 1.165) is 38.7 Å². The lowest BCUT2D eigenvalue weighted by Crippen LogP contribution is -2.26. The molecule has 12 heteroatoms. The van der Waals surface area contributed by atoms with Gasteiger partial charge in [0.1, 0.15) is 21.8 Å². The summed E-state index contributed by atoms with van der Waals surface area (Å²) in [5.74, 6) is -0.325. The number of nitrogens with zero attached hydrogens (tertiary/aromatic N) is 1. The van der Waals surface area contributed by atoms with E-state index in [1.54, 1.807) is 24.3 Å². The molecule has 0 spiro atoms. The molecule has 1 unspecified atom stereocenters. The molecule has 1 atom stereocenters. The molecule has 0 aliphatic heterocycles. The fraction of sp³-hybridized carbons (Fsp3) is 0.167. The van der Waals surface area contributed by atoms with Crippen molar-refractivity contribution in [2.75, 3.05) is 17.3 Å². The van der Waals surface area contributed by atoms with Crippen LogP contribution in [0.15, 0.2) is 46.7 Å². The molecule has 30 heavy (non-hydrogen) atoms. The summed E-state index contributed by atoms with van der Waals surface area (Å²) in [6.07, 6.45) is -0.807. The average molecular weight is 580 g/mol. The summed E-state index contributed by atoms with van der Waals surface area (Å²) in [5, 5.41) is 9.14. The minimum Gasteiger partial charge on any atom is -0.493 e. The van der Waals surface area contributed by atoms with Crippen LogP contribution >= 0.6 is 41.3 Å². The lowest BCUT2D eigenvalue weighted by Gasteiger charge is -2.13. The molecule has 0 saturated heterocycles. The van der Waals surface area contributed by atoms with Crippen molar-refractivity contribution in [2.24, 2.45) is 0 Å². The first kappa shape index (κ1) is 23.1. The van der Waals surface area contributed by atoms with Crippen molar-refractivity contribution in [1.29, 1.82) is 5.26 Å². The minimum absolute atomic E-state index is 0.0189. The summed E-state index contributed by atoms with van der Waals surface area (Å²) in [4.78, 5) is 10.2. The van der Waals surface area contributed by atoms with Gasteiger partial charge in [0.05, 0.1) is 18.5 Å². The summed E-state index contributed by atoms with van der Waals surface area (Å²) < 4.78 is 60.7. The number of rotatable bonds is 8. The topological polar surface area (TPSA) is 116 Å². The first-order valence-electron chi connectivity index (χ1n) is 8.40. The van der Waals surface area contributed by atoms with E-state index >= 15 is 0 Å². The zero-order valence-electron chi connectivity index (χ0n) is 15.2. The highest BCUT2D eigenvalue weighted by Gasteiger charge is 2.27. The molecule has 0 aliphatic rings. The van der Waals surface area contributed by atoms with E-state index in [0.29, 0.717) is 17.7 Å². The van der Waals surface area contributed by atoms with Gasteiger partial charge in [0.25, 0.3) is 10.0 Å². The Morgan fingerprint density at radius 2 is 2.03 bits per heavy atom. The van der Waals surface area contributed by atoms with Gasteiger partial charge in [-0.15, -0.1) is 11.3 Å². The number of halogens is 2. The molecule has 0 amide bonds. The second-order valence-corrected chi connectivity index (χ2v) is 12.5. The molecule has 1 heterocycles. The Kier molecular flexibility index (Phi) is 7.16. The van der Waals surface area contributed by atoms with Crippen LogP contribution in [0.3, 0.4) is 0 Å². The molecule has 0 radical (unpaired) electrons. The SMILES string of the molecule is N#Cc1ccc(P(=O)(O)CNS(=O)(=O)c2cc3cc(OCCI)ccc3s2)cc1F. The van der Waals surface area contributed by atoms with Crippen LogP contribution in [0.25, 0.3) is 10.1 Å². The molecule has 0 fully saturated rings. The normalized spacial score (nSPS) is 13.7. The third-order valence-electron chi connectivity index (χ3n) is 4.02. The quantitative estimate of drug-likeness (QED) is 0.239. The van der Waals surface area contributed by atoms with Gasteiger partial charge in [0, 0.05) is 14.4 Å². The lowest BCUT2D eigenvalue weighted by molar-refractivity contribution is 0.347. The van der Waals surface area contributed by atoms with E-state index < -0.39 is 29.5 Å². The Morgan fingerprint density at radius 1 is 1.27 bits per heavy atom. The van der Waals surface area contributed by atoms with E-state index in [2.05, 4.69) is 27.3 Å². The number of fused-ring (bicyclic) bond motifs is 1. The number of ether oxygens (including phenoxy) is 1. The van der Waals surface area contributed by atoms with Crippen molar-refractivity contribution in [3.05, 3.63) is 53.8 Å². The molecule has 3 aromatic rings. The van der Waals surface area contributed by atoms with Crippen LogP contribution in [-0.2, 0) is 14.6 Å². The van der Waals surface area contributed by atoms with Crippen LogP contribution < -0.4 is 14.8 Å². The lowest BCUT2D eigenvalue weighted by atomic mass is 10.2. The number of hydrogen-bond donors (Lipinski definition) is 2. The summed E-state index contributed by atoms with van der Waals surface area (Å²) in [6.45, 7) is 0.532. The fourth-order valence-corrected chi connectivity index (χ4v) is 7.01. The van der Waals surface area contributed by atoms with E-state index in [1.165, 1.54) is 6.07 Å². The van der Waals surface area contributed by atoms with Gasteiger partial charge in [-0.2, -0.15) is 5.26 Å². The summed E-state index contributed by atoms with van der Waals surface area (Å²) in [6, 6.07) is 11.3. The number of nitriles is 1. The molecule has 7 nitrogen and oxygen atoms in total. The van der Waals surface area contributed by atoms with Gasteiger partial charge < -0.3 is 9.63 Å². The molecule has 0 saturated carbocycles. The highest BCUT2D eigenvalue weighted by molar-refractivity contribution is 14.1. The number of hydrogen-bond acceptors (Lipinski definition) is 6. The second-order valence-electron chi connectivity index (χ2n) is 6.09. The number of sulfonamides is 1. The maximum Gasteiger partial charge on any atom is 0.250 e. The first-order chi connectivity index (χ1) is 14.2. The Hall–Kier alpha value is -1.55. The average Bonchev–Trinajstić information content (AvgIpc) is 3.15. The summed E-state index contributed by atoms with van der Waals surface area (Å²) >= 11 is 3.20. The van der Waals surface area contributed by atoms with Crippen molar-refractivity contribution in [3.63, 3.8) is 0 Å². The molecule has 158 valence electrons. The zero-order valence-corrected chi connectivity index (χ0v) is 19.9. The van der Waals surface area contributed by atoms with Gasteiger partial charge in [0.15, 0.2) is 0 Å². The highest BCUT2D eigenvalue weighted by Crippen LogP contribution is 2.39. The summed E-state index contributed by atoms with van der Waals surface area (Å²) in [7, 11) is -8.30. The second kappa shape index (κ2) is 9.30. The van der Waals surface area contributed by atoms with Gasteiger partial charge in [-0.25, -0.2) is 17.5 Å². The highest BCUT2D eigenvalue weighted by atomic mass is 127. The Labute approximate surface area is 190 Å². The molecule has 0 aliphatic carbocycles. The maximum atomic E-state index is 13.7. The van der Waals surface area contributed by atoms with E-state index in [1.807, 2.05) is 0 Å². The Bertz CT molecular complexity index is 1290. The maximum absolute atomic E-state index is 13.7. The smallest absolute Gasteiger partial charge is 0.250 e. The monoisotopic (exact) mass is 580 g/mol. The fourth-order valence-electron chi connectivity index (χ4n) is 2.52. The summed E-state index contributed by atoms with van der Waals surface area (Å²) in [5.41, 5.74) is -0.272. The Balaban J connectivity index is 1.79. The minimum atomic E-state index is -4.23. The van der Waals surface area contributed by atoms with Crippen molar-refractivity contribution in [3.8, 4) is 11.8 Å². The Morgan fingerprint density at radius 3 is 2.70 bits per heavy atom. The van der Waals surface area contributed by atoms with E-state index in [9.17, 15) is 22.3 Å². The molecular weight excluding hydrogens is 565 g/mol. The van der Waals surface area contributed by atoms with Crippen LogP contribution in [-0.4, -0.2) is 30.6 Å². The number of nitrogens with one attached hydrogen (secondary N) is 1. The van der Waals surface area contributed by atoms with Crippen molar-refractivity contribution < 1.29 is 27.0 Å². The van der Waals surface area contributed by atoms with Crippen LogP contribution in [0.2, 0.25) is 0 Å². The molecule has 1 aromatic heterocycles. The van der Waals surface area contributed by atoms with Gasteiger partial charge in [0.2, 0.25) is 7.37 Å². The van der Waals surface area contributed by atoms with Gasteiger partial charge in [-0.1, -0.05) is 22.6 Å². The molecule has 0 bridgehead atoms. The zero-order chi connectivity index (χ0) is 21.9. The van der Waals surface area contributed by atoms with Crippen LogP contribution in [0, 0.1) is 17.1 Å². The van der Waals surface area contributed by atoms with Crippen molar-refractivity contribution in [2.45, 2.75) is 4.21 Å². The third kappa shape index (κ3) is 5.19. The molecular formula is C18H15FIN2O5PS2. The molecule has 2 N–H and O–H groups in total. The van der Waals surface area contributed by atoms with Crippen molar-refractivity contribution in [1.82, 2.24) is 4.72 Å². The predicted octanol–water partition coefficient (Wildman–Crippen LogP) is 3.56. The molecule has 3 rings (SSSR count). The van der Waals surface area contributed by atoms with Gasteiger partial charge >= 0.3 is 0 Å². The standard InChI is InChI=1S/C18H15FIN2O5PS2/c19-16-9-15(3-1-12(16)10-21)28(23,24)11-22-30(25,26)18-8-13-7-14(27-6-5-20)2-4-17(13)29-18/h1-4,7-9,22H,5-6,11H2,(H,23,24). The van der Waals surface area contributed by atoms with E-state index in [-0.39, 0.29) is 15.1 Å². The number of alkyl halides is 1.